The van der Waals surface area contributed by atoms with Crippen molar-refractivity contribution >= 4 is 47.4 Å². The molecule has 20 heteroatoms. The average Bonchev–Trinajstić information content (AvgIpc) is 3.71. The summed E-state index contributed by atoms with van der Waals surface area (Å²) in [6, 6.07) is 3.18. The first-order valence-electron chi connectivity index (χ1n) is 23.0. The van der Waals surface area contributed by atoms with E-state index < -0.39 is 107 Å². The van der Waals surface area contributed by atoms with Crippen molar-refractivity contribution < 1.29 is 48.2 Å². The Morgan fingerprint density at radius 1 is 0.851 bits per heavy atom. The van der Waals surface area contributed by atoms with Gasteiger partial charge in [-0.2, -0.15) is 0 Å². The number of nitrogens with zero attached hydrogens (tertiary/aromatic N) is 4. The summed E-state index contributed by atoms with van der Waals surface area (Å²) in [7, 11) is 3.09. The molecule has 7 N–H and O–H groups in total. The van der Waals surface area contributed by atoms with E-state index in [4.69, 9.17) is 4.74 Å². The second-order valence-electron chi connectivity index (χ2n) is 19.6. The van der Waals surface area contributed by atoms with Gasteiger partial charge in [0.25, 0.3) is 11.8 Å². The smallest absolute Gasteiger partial charge is 0.410 e. The van der Waals surface area contributed by atoms with Crippen LogP contribution in [0.5, 0.6) is 0 Å². The van der Waals surface area contributed by atoms with Gasteiger partial charge in [0.05, 0.1) is 30.7 Å². The van der Waals surface area contributed by atoms with Crippen LogP contribution in [0.4, 0.5) is 4.79 Å². The van der Waals surface area contributed by atoms with E-state index in [0.717, 1.165) is 19.3 Å². The Hall–Kier alpha value is -6.18. The van der Waals surface area contributed by atoms with Crippen LogP contribution in [0.3, 0.4) is 0 Å². The summed E-state index contributed by atoms with van der Waals surface area (Å²) in [6.07, 6.45) is 6.19. The second kappa shape index (κ2) is 24.0. The summed E-state index contributed by atoms with van der Waals surface area (Å²) in [5.74, 6) is -5.87. The minimum absolute atomic E-state index is 0.0326. The Bertz CT molecular complexity index is 2040. The standard InChI is InChI=1S/C47H70N10O10/c1-10-17-31(37(59)42(63)50-25-34(58)53-36(44(65)56(8)9)29-20-15-12-16-21-29)51-39(60)30-26-57(45(66)67-47(5,6)7)27-33(30)52-43(64)38(46(2,3)4)55-41(62)35(28-18-13-11-14-19-28)54-40(61)32-24-48-22-23-49-32/h12,15-16,20-24,28,30-31,33,35-38,59H,10-11,13-14,17-19,25-27H2,1-9H3,(H,50,63)(H,51,60)(H,52,64)(H,53,58)(H,54,61)(H,55,62)/t30-,31+,33+,35+,36+,37?,38-/m1/s1. The topological polar surface area (TPSA) is 270 Å². The molecule has 0 bridgehead atoms. The van der Waals surface area contributed by atoms with Crippen LogP contribution in [0.15, 0.2) is 48.9 Å². The van der Waals surface area contributed by atoms with Crippen LogP contribution in [0, 0.1) is 17.3 Å². The summed E-state index contributed by atoms with van der Waals surface area (Å²) in [5.41, 5.74) is -1.22. The fourth-order valence-electron chi connectivity index (χ4n) is 8.13. The minimum Gasteiger partial charge on any atom is -0.444 e. The zero-order valence-corrected chi connectivity index (χ0v) is 40.2. The summed E-state index contributed by atoms with van der Waals surface area (Å²) in [5, 5.41) is 27.7. The van der Waals surface area contributed by atoms with Gasteiger partial charge in [0, 0.05) is 39.6 Å². The number of ether oxygens (including phenoxy) is 1. The zero-order chi connectivity index (χ0) is 49.6. The highest BCUT2D eigenvalue weighted by atomic mass is 16.6. The van der Waals surface area contributed by atoms with E-state index in [1.807, 2.05) is 0 Å². The molecule has 1 unspecified atom stereocenters. The maximum Gasteiger partial charge on any atom is 0.410 e. The van der Waals surface area contributed by atoms with E-state index in [0.29, 0.717) is 24.8 Å². The molecule has 1 saturated carbocycles. The van der Waals surface area contributed by atoms with Gasteiger partial charge in [-0.15, -0.1) is 0 Å². The first-order chi connectivity index (χ1) is 31.5. The Kier molecular flexibility index (Phi) is 19.2. The number of hydrogen-bond donors (Lipinski definition) is 7. The summed E-state index contributed by atoms with van der Waals surface area (Å²) < 4.78 is 5.61. The van der Waals surface area contributed by atoms with E-state index in [1.165, 1.54) is 28.4 Å². The van der Waals surface area contributed by atoms with Gasteiger partial charge in [0.1, 0.15) is 29.4 Å². The van der Waals surface area contributed by atoms with Gasteiger partial charge in [-0.1, -0.05) is 83.7 Å². The molecule has 1 aromatic heterocycles. The first kappa shape index (κ1) is 53.4. The third kappa shape index (κ3) is 15.7. The largest absolute Gasteiger partial charge is 0.444 e. The molecule has 2 aliphatic rings. The molecule has 368 valence electrons. The molecular weight excluding hydrogens is 865 g/mol. The van der Waals surface area contributed by atoms with Crippen molar-refractivity contribution in [3.05, 3.63) is 60.2 Å². The van der Waals surface area contributed by atoms with Gasteiger partial charge in [-0.3, -0.25) is 38.5 Å². The lowest BCUT2D eigenvalue weighted by atomic mass is 9.82. The van der Waals surface area contributed by atoms with Crippen molar-refractivity contribution in [2.75, 3.05) is 33.7 Å². The van der Waals surface area contributed by atoms with Crippen molar-refractivity contribution in [1.82, 2.24) is 51.7 Å². The number of carbonyl (C=O) groups is 8. The Labute approximate surface area is 392 Å². The molecule has 20 nitrogen and oxygen atoms in total. The van der Waals surface area contributed by atoms with Crippen LogP contribution >= 0.6 is 0 Å². The summed E-state index contributed by atoms with van der Waals surface area (Å²) >= 11 is 0. The van der Waals surface area contributed by atoms with Gasteiger partial charge in [0.15, 0.2) is 6.10 Å². The van der Waals surface area contributed by atoms with Gasteiger partial charge in [0.2, 0.25) is 29.5 Å². The molecule has 1 aromatic carbocycles. The molecule has 1 aliphatic heterocycles. The molecule has 8 amide bonds. The van der Waals surface area contributed by atoms with Crippen LogP contribution in [0.1, 0.15) is 116 Å². The van der Waals surface area contributed by atoms with E-state index in [9.17, 15) is 43.5 Å². The quantitative estimate of drug-likeness (QED) is 0.113. The van der Waals surface area contributed by atoms with E-state index in [1.54, 1.807) is 92.9 Å². The molecule has 2 fully saturated rings. The average molecular weight is 935 g/mol. The van der Waals surface area contributed by atoms with Gasteiger partial charge >= 0.3 is 6.09 Å². The number of likely N-dealkylation sites (tertiary alicyclic amines) is 1. The van der Waals surface area contributed by atoms with E-state index in [2.05, 4.69) is 41.9 Å². The van der Waals surface area contributed by atoms with E-state index in [-0.39, 0.29) is 31.1 Å². The molecule has 4 rings (SSSR count). The highest BCUT2D eigenvalue weighted by Crippen LogP contribution is 2.29. The monoisotopic (exact) mass is 935 g/mol. The highest BCUT2D eigenvalue weighted by Gasteiger charge is 2.45. The number of nitrogens with one attached hydrogen (secondary N) is 6. The van der Waals surface area contributed by atoms with Crippen LogP contribution in [0.2, 0.25) is 0 Å². The second-order valence-corrected chi connectivity index (χ2v) is 19.6. The van der Waals surface area contributed by atoms with Gasteiger partial charge < -0.3 is 51.5 Å². The third-order valence-electron chi connectivity index (χ3n) is 11.7. The van der Waals surface area contributed by atoms with Crippen LogP contribution in [0.25, 0.3) is 0 Å². The Balaban J connectivity index is 1.51. The molecular formula is C47H70N10O10. The third-order valence-corrected chi connectivity index (χ3v) is 11.7. The molecule has 1 aliphatic carbocycles. The van der Waals surface area contributed by atoms with Crippen molar-refractivity contribution in [3.8, 4) is 0 Å². The number of aliphatic hydroxyl groups is 1. The number of carbonyl (C=O) groups excluding carboxylic acids is 8. The molecule has 7 atom stereocenters. The predicted octanol–water partition coefficient (Wildman–Crippen LogP) is 1.75. The fraction of sp³-hybridized carbons (Fsp3) is 0.617. The van der Waals surface area contributed by atoms with Crippen molar-refractivity contribution in [2.24, 2.45) is 17.3 Å². The lowest BCUT2D eigenvalue weighted by Crippen LogP contribution is -2.61. The zero-order valence-electron chi connectivity index (χ0n) is 40.2. The highest BCUT2D eigenvalue weighted by molar-refractivity contribution is 5.97. The van der Waals surface area contributed by atoms with Crippen LogP contribution < -0.4 is 31.9 Å². The minimum atomic E-state index is -1.83. The summed E-state index contributed by atoms with van der Waals surface area (Å²) in [4.78, 5) is 120. The maximum absolute atomic E-state index is 14.4. The Morgan fingerprint density at radius 2 is 1.52 bits per heavy atom. The molecule has 1 saturated heterocycles. The predicted molar refractivity (Wildman–Crippen MR) is 246 cm³/mol. The van der Waals surface area contributed by atoms with Crippen LogP contribution in [-0.4, -0.2) is 142 Å². The van der Waals surface area contributed by atoms with E-state index >= 15 is 0 Å². The van der Waals surface area contributed by atoms with Crippen LogP contribution in [-0.2, 0) is 33.5 Å². The fourth-order valence-corrected chi connectivity index (χ4v) is 8.13. The number of benzene rings is 1. The lowest BCUT2D eigenvalue weighted by Gasteiger charge is -2.35. The maximum atomic E-state index is 14.4. The number of amides is 8. The number of likely N-dealkylation sites (N-methyl/N-ethyl adjacent to an activating group) is 1. The summed E-state index contributed by atoms with van der Waals surface area (Å²) in [6.45, 7) is 11.2. The van der Waals surface area contributed by atoms with Crippen molar-refractivity contribution in [3.63, 3.8) is 0 Å². The van der Waals surface area contributed by atoms with Gasteiger partial charge in [-0.05, 0) is 56.9 Å². The molecule has 2 aromatic rings. The number of hydrogen-bond acceptors (Lipinski definition) is 12. The number of aliphatic hydroxyl groups excluding tert-OH is 1. The number of rotatable bonds is 18. The SMILES string of the molecule is CCC[C@H](NC(=O)[C@@H]1CN(C(=O)OC(C)(C)C)C[C@@H]1NC(=O)[C@@H](NC(=O)[C@@H](NC(=O)c1cnccn1)C1CCCCC1)C(C)(C)C)C(O)C(=O)NCC(=O)N[C@H](C(=O)N(C)C)c1ccccc1. The van der Waals surface area contributed by atoms with Crippen molar-refractivity contribution in [1.29, 1.82) is 0 Å². The van der Waals surface area contributed by atoms with Gasteiger partial charge in [-0.25, -0.2) is 9.78 Å². The number of aromatic nitrogens is 2. The normalized spacial score (nSPS) is 18.7. The molecule has 67 heavy (non-hydrogen) atoms. The first-order valence-corrected chi connectivity index (χ1v) is 23.0. The molecule has 2 heterocycles. The molecule has 0 spiro atoms. The Morgan fingerprint density at radius 3 is 2.10 bits per heavy atom. The van der Waals surface area contributed by atoms with Crippen molar-refractivity contribution in [2.45, 2.75) is 135 Å². The lowest BCUT2D eigenvalue weighted by molar-refractivity contribution is -0.136. The molecule has 0 radical (unpaired) electrons.